The maximum absolute atomic E-state index is 12.1. The predicted octanol–water partition coefficient (Wildman–Crippen LogP) is 1.84. The van der Waals surface area contributed by atoms with Crippen LogP contribution in [0.5, 0.6) is 0 Å². The Morgan fingerprint density at radius 3 is 2.91 bits per heavy atom. The average molecular weight is 309 g/mol. The van der Waals surface area contributed by atoms with Gasteiger partial charge in [-0.25, -0.2) is 4.98 Å². The van der Waals surface area contributed by atoms with Crippen LogP contribution in [0.4, 0.5) is 0 Å². The zero-order valence-electron chi connectivity index (χ0n) is 12.2. The smallest absolute Gasteiger partial charge is 0.252 e. The van der Waals surface area contributed by atoms with Crippen molar-refractivity contribution < 1.29 is 14.7 Å². The fourth-order valence-corrected chi connectivity index (χ4v) is 2.36. The molecule has 0 aliphatic rings. The first kappa shape index (κ1) is 14.9. The summed E-state index contributed by atoms with van der Waals surface area (Å²) in [6.45, 7) is 0.0266. The minimum Gasteiger partial charge on any atom is -0.385 e. The van der Waals surface area contributed by atoms with Crippen molar-refractivity contribution in [2.24, 2.45) is 0 Å². The van der Waals surface area contributed by atoms with E-state index >= 15 is 0 Å². The third-order valence-corrected chi connectivity index (χ3v) is 3.56. The van der Waals surface area contributed by atoms with Crippen LogP contribution in [-0.4, -0.2) is 33.8 Å². The van der Waals surface area contributed by atoms with E-state index in [0.717, 1.165) is 5.39 Å². The van der Waals surface area contributed by atoms with Gasteiger partial charge < -0.3 is 15.4 Å². The molecule has 116 valence electrons. The molecular formula is C17H15N3O3. The van der Waals surface area contributed by atoms with Gasteiger partial charge in [0.05, 0.1) is 0 Å². The SMILES string of the molecule is O=Cc1ccccc1C(=O)NCC(O)c1cc2cccnc2[nH]1. The second-order valence-electron chi connectivity index (χ2n) is 5.10. The van der Waals surface area contributed by atoms with Crippen LogP contribution in [0.2, 0.25) is 0 Å². The minimum atomic E-state index is -0.892. The molecule has 0 bridgehead atoms. The summed E-state index contributed by atoms with van der Waals surface area (Å²) in [4.78, 5) is 30.2. The van der Waals surface area contributed by atoms with Gasteiger partial charge >= 0.3 is 0 Å². The van der Waals surface area contributed by atoms with Gasteiger partial charge in [-0.05, 0) is 24.3 Å². The highest BCUT2D eigenvalue weighted by Crippen LogP contribution is 2.18. The molecule has 1 amide bonds. The first-order chi connectivity index (χ1) is 11.2. The molecule has 0 aliphatic heterocycles. The maximum Gasteiger partial charge on any atom is 0.252 e. The van der Waals surface area contributed by atoms with E-state index in [1.54, 1.807) is 36.5 Å². The van der Waals surface area contributed by atoms with Crippen LogP contribution in [0.25, 0.3) is 11.0 Å². The van der Waals surface area contributed by atoms with E-state index in [4.69, 9.17) is 0 Å². The molecule has 0 aliphatic carbocycles. The molecule has 3 aromatic rings. The zero-order chi connectivity index (χ0) is 16.2. The summed E-state index contributed by atoms with van der Waals surface area (Å²) in [7, 11) is 0. The number of carbonyl (C=O) groups excluding carboxylic acids is 2. The molecule has 0 radical (unpaired) electrons. The lowest BCUT2D eigenvalue weighted by Gasteiger charge is -2.11. The third-order valence-electron chi connectivity index (χ3n) is 3.56. The van der Waals surface area contributed by atoms with Gasteiger partial charge in [0.25, 0.3) is 5.91 Å². The Bertz CT molecular complexity index is 824. The first-order valence-corrected chi connectivity index (χ1v) is 7.13. The Labute approximate surface area is 132 Å². The molecule has 3 N–H and O–H groups in total. The number of aliphatic hydroxyl groups excluding tert-OH is 1. The number of aromatic nitrogens is 2. The fourth-order valence-electron chi connectivity index (χ4n) is 2.36. The number of aliphatic hydroxyl groups is 1. The highest BCUT2D eigenvalue weighted by Gasteiger charge is 2.15. The standard InChI is InChI=1S/C17H15N3O3/c21-10-12-4-1-2-6-13(12)17(23)19-9-15(22)14-8-11-5-3-7-18-16(11)20-14/h1-8,10,15,22H,9H2,(H,18,20)(H,19,23). The van der Waals surface area contributed by atoms with Crippen molar-refractivity contribution in [2.45, 2.75) is 6.10 Å². The Morgan fingerprint density at radius 2 is 2.13 bits per heavy atom. The number of carbonyl (C=O) groups is 2. The quantitative estimate of drug-likeness (QED) is 0.627. The number of nitrogens with zero attached hydrogens (tertiary/aromatic N) is 1. The number of benzene rings is 1. The molecule has 6 nitrogen and oxygen atoms in total. The van der Waals surface area contributed by atoms with Gasteiger partial charge in [0.2, 0.25) is 0 Å². The highest BCUT2D eigenvalue weighted by molar-refractivity contribution is 6.01. The molecule has 6 heteroatoms. The van der Waals surface area contributed by atoms with E-state index in [0.29, 0.717) is 23.2 Å². The Hall–Kier alpha value is -2.99. The van der Waals surface area contributed by atoms with Gasteiger partial charge in [0.15, 0.2) is 6.29 Å². The summed E-state index contributed by atoms with van der Waals surface area (Å²) in [5.41, 5.74) is 1.85. The number of hydrogen-bond acceptors (Lipinski definition) is 4. The molecule has 2 heterocycles. The molecule has 1 atom stereocenters. The van der Waals surface area contributed by atoms with Crippen LogP contribution in [0, 0.1) is 0 Å². The van der Waals surface area contributed by atoms with E-state index in [2.05, 4.69) is 15.3 Å². The predicted molar refractivity (Wildman–Crippen MR) is 85.2 cm³/mol. The second-order valence-corrected chi connectivity index (χ2v) is 5.10. The van der Waals surface area contributed by atoms with Gasteiger partial charge in [0, 0.05) is 34.9 Å². The molecule has 3 rings (SSSR count). The second kappa shape index (κ2) is 6.41. The number of hydrogen-bond donors (Lipinski definition) is 3. The van der Waals surface area contributed by atoms with Crippen molar-refractivity contribution in [1.82, 2.24) is 15.3 Å². The largest absolute Gasteiger partial charge is 0.385 e. The summed E-state index contributed by atoms with van der Waals surface area (Å²) in [6, 6.07) is 12.0. The number of aromatic amines is 1. The molecule has 23 heavy (non-hydrogen) atoms. The first-order valence-electron chi connectivity index (χ1n) is 7.13. The van der Waals surface area contributed by atoms with Crippen molar-refractivity contribution in [3.05, 3.63) is 65.5 Å². The average Bonchev–Trinajstić information content (AvgIpc) is 3.03. The van der Waals surface area contributed by atoms with Gasteiger partial charge in [-0.3, -0.25) is 9.59 Å². The number of rotatable bonds is 5. The van der Waals surface area contributed by atoms with Gasteiger partial charge in [-0.1, -0.05) is 18.2 Å². The van der Waals surface area contributed by atoms with E-state index in [1.165, 1.54) is 0 Å². The lowest BCUT2D eigenvalue weighted by Crippen LogP contribution is -2.29. The molecule has 0 saturated carbocycles. The minimum absolute atomic E-state index is 0.0266. The van der Waals surface area contributed by atoms with Crippen LogP contribution in [-0.2, 0) is 0 Å². The van der Waals surface area contributed by atoms with Crippen LogP contribution in [0.1, 0.15) is 32.5 Å². The number of fused-ring (bicyclic) bond motifs is 1. The number of amides is 1. The molecule has 1 aromatic carbocycles. The van der Waals surface area contributed by atoms with Crippen LogP contribution < -0.4 is 5.32 Å². The van der Waals surface area contributed by atoms with E-state index in [-0.39, 0.29) is 12.1 Å². The fraction of sp³-hybridized carbons (Fsp3) is 0.118. The van der Waals surface area contributed by atoms with Crippen molar-refractivity contribution in [2.75, 3.05) is 6.54 Å². The lowest BCUT2D eigenvalue weighted by atomic mass is 10.1. The third kappa shape index (κ3) is 3.12. The van der Waals surface area contributed by atoms with Crippen molar-refractivity contribution in [3.8, 4) is 0 Å². The molecule has 2 aromatic heterocycles. The molecule has 0 fully saturated rings. The number of pyridine rings is 1. The maximum atomic E-state index is 12.1. The molecular weight excluding hydrogens is 294 g/mol. The monoisotopic (exact) mass is 309 g/mol. The van der Waals surface area contributed by atoms with Crippen molar-refractivity contribution in [3.63, 3.8) is 0 Å². The number of nitrogens with one attached hydrogen (secondary N) is 2. The van der Waals surface area contributed by atoms with Crippen molar-refractivity contribution in [1.29, 1.82) is 0 Å². The zero-order valence-corrected chi connectivity index (χ0v) is 12.2. The van der Waals surface area contributed by atoms with E-state index < -0.39 is 12.0 Å². The van der Waals surface area contributed by atoms with Crippen LogP contribution in [0.15, 0.2) is 48.7 Å². The van der Waals surface area contributed by atoms with Gasteiger partial charge in [-0.2, -0.15) is 0 Å². The summed E-state index contributed by atoms with van der Waals surface area (Å²) in [5.74, 6) is -0.402. The molecule has 0 saturated heterocycles. The summed E-state index contributed by atoms with van der Waals surface area (Å²) >= 11 is 0. The van der Waals surface area contributed by atoms with Gasteiger partial charge in [0.1, 0.15) is 11.8 Å². The highest BCUT2D eigenvalue weighted by atomic mass is 16.3. The summed E-state index contributed by atoms with van der Waals surface area (Å²) in [5, 5.41) is 13.7. The molecule has 1 unspecified atom stereocenters. The van der Waals surface area contributed by atoms with E-state index in [1.807, 2.05) is 12.1 Å². The lowest BCUT2D eigenvalue weighted by molar-refractivity contribution is 0.0910. The Morgan fingerprint density at radius 1 is 1.30 bits per heavy atom. The Kier molecular flexibility index (Phi) is 4.16. The Balaban J connectivity index is 1.69. The number of aldehydes is 1. The normalized spacial score (nSPS) is 12.0. The molecule has 0 spiro atoms. The topological polar surface area (TPSA) is 95.1 Å². The summed E-state index contributed by atoms with van der Waals surface area (Å²) in [6.07, 6.45) is 1.40. The van der Waals surface area contributed by atoms with Crippen LogP contribution >= 0.6 is 0 Å². The van der Waals surface area contributed by atoms with Gasteiger partial charge in [-0.15, -0.1) is 0 Å². The van der Waals surface area contributed by atoms with Crippen molar-refractivity contribution >= 4 is 23.2 Å². The van der Waals surface area contributed by atoms with E-state index in [9.17, 15) is 14.7 Å². The van der Waals surface area contributed by atoms with Crippen LogP contribution in [0.3, 0.4) is 0 Å². The number of H-pyrrole nitrogens is 1. The summed E-state index contributed by atoms with van der Waals surface area (Å²) < 4.78 is 0.